The molecule has 4 aromatic rings. The molecular formula is C23H18ClN3O3S. The van der Waals surface area contributed by atoms with Gasteiger partial charge < -0.3 is 5.32 Å². The maximum Gasteiger partial charge on any atom is 0.256 e. The largest absolute Gasteiger partial charge is 0.322 e. The van der Waals surface area contributed by atoms with Crippen LogP contribution in [0.25, 0.3) is 22.2 Å². The molecule has 3 N–H and O–H groups in total. The van der Waals surface area contributed by atoms with Crippen LogP contribution in [0.2, 0.25) is 5.02 Å². The molecule has 31 heavy (non-hydrogen) atoms. The van der Waals surface area contributed by atoms with Crippen molar-refractivity contribution in [3.05, 3.63) is 88.9 Å². The predicted octanol–water partition coefficient (Wildman–Crippen LogP) is 4.76. The summed E-state index contributed by atoms with van der Waals surface area (Å²) in [5, 5.41) is 9.03. The fourth-order valence-corrected chi connectivity index (χ4v) is 4.00. The van der Waals surface area contributed by atoms with Crippen molar-refractivity contribution in [1.82, 2.24) is 4.98 Å². The van der Waals surface area contributed by atoms with Crippen molar-refractivity contribution in [2.45, 2.75) is 11.8 Å². The average molecular weight is 452 g/mol. The SMILES string of the molecule is Cc1ccccc1-c1cc(C(=O)Nc2ccc(S(N)(=O)=O)cc2)c2cc(Cl)ccc2n1. The van der Waals surface area contributed by atoms with Crippen LogP contribution in [0.4, 0.5) is 5.69 Å². The fourth-order valence-electron chi connectivity index (χ4n) is 3.31. The van der Waals surface area contributed by atoms with Crippen LogP contribution in [-0.4, -0.2) is 19.3 Å². The number of carbonyl (C=O) groups excluding carboxylic acids is 1. The van der Waals surface area contributed by atoms with Gasteiger partial charge in [-0.05, 0) is 61.0 Å². The minimum atomic E-state index is -3.81. The maximum atomic E-state index is 13.2. The van der Waals surface area contributed by atoms with E-state index in [1.807, 2.05) is 31.2 Å². The molecule has 0 spiro atoms. The van der Waals surface area contributed by atoms with E-state index in [1.165, 1.54) is 24.3 Å². The van der Waals surface area contributed by atoms with Gasteiger partial charge in [-0.3, -0.25) is 4.79 Å². The van der Waals surface area contributed by atoms with E-state index in [-0.39, 0.29) is 10.8 Å². The topological polar surface area (TPSA) is 102 Å². The molecule has 8 heteroatoms. The van der Waals surface area contributed by atoms with Crippen LogP contribution in [0.5, 0.6) is 0 Å². The van der Waals surface area contributed by atoms with Crippen LogP contribution in [0, 0.1) is 6.92 Å². The van der Waals surface area contributed by atoms with E-state index in [0.717, 1.165) is 11.1 Å². The van der Waals surface area contributed by atoms with Gasteiger partial charge in [0.1, 0.15) is 0 Å². The van der Waals surface area contributed by atoms with Gasteiger partial charge in [0.15, 0.2) is 0 Å². The summed E-state index contributed by atoms with van der Waals surface area (Å²) < 4.78 is 22.9. The highest BCUT2D eigenvalue weighted by Gasteiger charge is 2.16. The molecule has 4 rings (SSSR count). The highest BCUT2D eigenvalue weighted by molar-refractivity contribution is 7.89. The minimum absolute atomic E-state index is 0.0338. The summed E-state index contributed by atoms with van der Waals surface area (Å²) >= 11 is 6.17. The molecule has 1 amide bonds. The van der Waals surface area contributed by atoms with Gasteiger partial charge in [-0.2, -0.15) is 0 Å². The number of carbonyl (C=O) groups is 1. The monoisotopic (exact) mass is 451 g/mol. The molecule has 1 heterocycles. The molecule has 6 nitrogen and oxygen atoms in total. The van der Waals surface area contributed by atoms with Crippen molar-refractivity contribution in [1.29, 1.82) is 0 Å². The maximum absolute atomic E-state index is 13.2. The Morgan fingerprint density at radius 2 is 1.71 bits per heavy atom. The summed E-state index contributed by atoms with van der Waals surface area (Å²) in [6, 6.07) is 20.4. The van der Waals surface area contributed by atoms with E-state index in [0.29, 0.717) is 32.9 Å². The van der Waals surface area contributed by atoms with Gasteiger partial charge in [0.05, 0.1) is 21.7 Å². The number of rotatable bonds is 4. The first-order valence-electron chi connectivity index (χ1n) is 9.33. The third kappa shape index (κ3) is 4.44. The zero-order chi connectivity index (χ0) is 22.2. The number of aryl methyl sites for hydroxylation is 1. The summed E-state index contributed by atoms with van der Waals surface area (Å²) in [6.07, 6.45) is 0. The molecule has 0 aliphatic heterocycles. The average Bonchev–Trinajstić information content (AvgIpc) is 2.73. The molecular weight excluding hydrogens is 434 g/mol. The lowest BCUT2D eigenvalue weighted by atomic mass is 10.0. The van der Waals surface area contributed by atoms with Gasteiger partial charge in [-0.1, -0.05) is 35.9 Å². The first-order valence-corrected chi connectivity index (χ1v) is 11.3. The van der Waals surface area contributed by atoms with Gasteiger partial charge in [-0.15, -0.1) is 0 Å². The Labute approximate surface area is 184 Å². The highest BCUT2D eigenvalue weighted by Crippen LogP contribution is 2.29. The summed E-state index contributed by atoms with van der Waals surface area (Å²) in [6.45, 7) is 1.98. The second-order valence-corrected chi connectivity index (χ2v) is 9.05. The number of primary sulfonamides is 1. The smallest absolute Gasteiger partial charge is 0.256 e. The molecule has 0 aliphatic carbocycles. The van der Waals surface area contributed by atoms with Crippen molar-refractivity contribution in [2.24, 2.45) is 5.14 Å². The lowest BCUT2D eigenvalue weighted by Gasteiger charge is -2.12. The molecule has 0 fully saturated rings. The standard InChI is InChI=1S/C23H18ClN3O3S/c1-14-4-2-3-5-18(14)22-13-20(19-12-15(24)6-11-21(19)27-22)23(28)26-16-7-9-17(10-8-16)31(25,29)30/h2-13H,1H3,(H,26,28)(H2,25,29,30). The van der Waals surface area contributed by atoms with E-state index in [4.69, 9.17) is 21.7 Å². The Balaban J connectivity index is 1.79. The molecule has 0 saturated heterocycles. The van der Waals surface area contributed by atoms with Gasteiger partial charge in [0.25, 0.3) is 5.91 Å². The van der Waals surface area contributed by atoms with Crippen molar-refractivity contribution >= 4 is 44.1 Å². The zero-order valence-electron chi connectivity index (χ0n) is 16.5. The number of nitrogens with one attached hydrogen (secondary N) is 1. The Morgan fingerprint density at radius 3 is 2.39 bits per heavy atom. The van der Waals surface area contributed by atoms with Crippen LogP contribution < -0.4 is 10.5 Å². The van der Waals surface area contributed by atoms with E-state index >= 15 is 0 Å². The number of aromatic nitrogens is 1. The Bertz CT molecular complexity index is 1420. The quantitative estimate of drug-likeness (QED) is 0.466. The molecule has 3 aromatic carbocycles. The molecule has 1 aromatic heterocycles. The highest BCUT2D eigenvalue weighted by atomic mass is 35.5. The van der Waals surface area contributed by atoms with Crippen LogP contribution in [-0.2, 0) is 10.0 Å². The Morgan fingerprint density at radius 1 is 1.00 bits per heavy atom. The van der Waals surface area contributed by atoms with Crippen molar-refractivity contribution in [3.8, 4) is 11.3 Å². The van der Waals surface area contributed by atoms with Gasteiger partial charge in [0.2, 0.25) is 10.0 Å². The van der Waals surface area contributed by atoms with Crippen molar-refractivity contribution in [3.63, 3.8) is 0 Å². The number of sulfonamides is 1. The molecule has 0 atom stereocenters. The van der Waals surface area contributed by atoms with Gasteiger partial charge in [-0.25, -0.2) is 18.5 Å². The number of halogens is 1. The molecule has 156 valence electrons. The summed E-state index contributed by atoms with van der Waals surface area (Å²) in [5.74, 6) is -0.368. The van der Waals surface area contributed by atoms with E-state index in [1.54, 1.807) is 24.3 Å². The Hall–Kier alpha value is -3.26. The predicted molar refractivity (Wildman–Crippen MR) is 123 cm³/mol. The number of nitrogens with two attached hydrogens (primary N) is 1. The normalized spacial score (nSPS) is 11.5. The molecule has 0 saturated carbocycles. The van der Waals surface area contributed by atoms with Crippen molar-refractivity contribution in [2.75, 3.05) is 5.32 Å². The van der Waals surface area contributed by atoms with Crippen LogP contribution in [0.15, 0.2) is 77.7 Å². The summed E-state index contributed by atoms with van der Waals surface area (Å²) in [4.78, 5) is 17.8. The number of hydrogen-bond donors (Lipinski definition) is 2. The summed E-state index contributed by atoms with van der Waals surface area (Å²) in [7, 11) is -3.81. The van der Waals surface area contributed by atoms with Crippen LogP contribution in [0.3, 0.4) is 0 Å². The van der Waals surface area contributed by atoms with Crippen molar-refractivity contribution < 1.29 is 13.2 Å². The van der Waals surface area contributed by atoms with E-state index < -0.39 is 10.0 Å². The second-order valence-electron chi connectivity index (χ2n) is 7.05. The number of nitrogens with zero attached hydrogens (tertiary/aromatic N) is 1. The van der Waals surface area contributed by atoms with E-state index in [2.05, 4.69) is 5.32 Å². The van der Waals surface area contributed by atoms with Crippen LogP contribution >= 0.6 is 11.6 Å². The second kappa shape index (κ2) is 8.11. The van der Waals surface area contributed by atoms with Crippen LogP contribution in [0.1, 0.15) is 15.9 Å². The summed E-state index contributed by atoms with van der Waals surface area (Å²) in [5.41, 5.74) is 4.10. The lowest BCUT2D eigenvalue weighted by Crippen LogP contribution is -2.14. The third-order valence-corrected chi connectivity index (χ3v) is 6.04. The fraction of sp³-hybridized carbons (Fsp3) is 0.0435. The number of anilines is 1. The van der Waals surface area contributed by atoms with Gasteiger partial charge in [0, 0.05) is 21.7 Å². The number of amides is 1. The molecule has 0 aliphatic rings. The molecule has 0 unspecified atom stereocenters. The van der Waals surface area contributed by atoms with Gasteiger partial charge >= 0.3 is 0 Å². The number of pyridine rings is 1. The zero-order valence-corrected chi connectivity index (χ0v) is 18.0. The minimum Gasteiger partial charge on any atom is -0.322 e. The van der Waals surface area contributed by atoms with E-state index in [9.17, 15) is 13.2 Å². The first kappa shape index (κ1) is 21.0. The molecule has 0 bridgehead atoms. The number of benzene rings is 3. The number of fused-ring (bicyclic) bond motifs is 1. The third-order valence-electron chi connectivity index (χ3n) is 4.88. The molecule has 0 radical (unpaired) electrons. The lowest BCUT2D eigenvalue weighted by molar-refractivity contribution is 0.102. The number of hydrogen-bond acceptors (Lipinski definition) is 4. The first-order chi connectivity index (χ1) is 14.7. The Kier molecular flexibility index (Phi) is 5.49.